The third-order valence-electron chi connectivity index (χ3n) is 3.42. The second-order valence-electron chi connectivity index (χ2n) is 5.03. The standard InChI is InChI=1S/C17H18N2O5/c1-12-15(4-3-5-16(12)19(21)22)18-17(20)13-6-8-14(9-7-13)24-11-10-23-2/h3-9H,10-11H2,1-2H3,(H,18,20). The van der Waals surface area contributed by atoms with Crippen molar-refractivity contribution >= 4 is 17.3 Å². The van der Waals surface area contributed by atoms with Gasteiger partial charge in [-0.05, 0) is 37.3 Å². The lowest BCUT2D eigenvalue weighted by Crippen LogP contribution is -2.13. The summed E-state index contributed by atoms with van der Waals surface area (Å²) in [5.74, 6) is 0.289. The molecular weight excluding hydrogens is 312 g/mol. The molecule has 0 heterocycles. The van der Waals surface area contributed by atoms with E-state index in [0.29, 0.717) is 35.8 Å². The molecule has 0 unspecified atom stereocenters. The number of nitrogens with one attached hydrogen (secondary N) is 1. The predicted molar refractivity (Wildman–Crippen MR) is 89.6 cm³/mol. The molecular formula is C17H18N2O5. The fraction of sp³-hybridized carbons (Fsp3) is 0.235. The van der Waals surface area contributed by atoms with Crippen LogP contribution in [0.1, 0.15) is 15.9 Å². The van der Waals surface area contributed by atoms with Gasteiger partial charge in [0.05, 0.1) is 22.8 Å². The van der Waals surface area contributed by atoms with Crippen molar-refractivity contribution in [2.45, 2.75) is 6.92 Å². The Bertz CT molecular complexity index is 728. The Hall–Kier alpha value is -2.93. The molecule has 2 aromatic carbocycles. The molecule has 0 saturated heterocycles. The van der Waals surface area contributed by atoms with Crippen molar-refractivity contribution in [1.29, 1.82) is 0 Å². The lowest BCUT2D eigenvalue weighted by atomic mass is 10.1. The van der Waals surface area contributed by atoms with E-state index in [9.17, 15) is 14.9 Å². The van der Waals surface area contributed by atoms with Gasteiger partial charge in [0.1, 0.15) is 12.4 Å². The van der Waals surface area contributed by atoms with E-state index in [1.807, 2.05) is 0 Å². The maximum atomic E-state index is 12.3. The zero-order valence-corrected chi connectivity index (χ0v) is 13.4. The van der Waals surface area contributed by atoms with Crippen molar-refractivity contribution in [1.82, 2.24) is 0 Å². The van der Waals surface area contributed by atoms with Crippen LogP contribution in [0.15, 0.2) is 42.5 Å². The second kappa shape index (κ2) is 8.07. The van der Waals surface area contributed by atoms with E-state index < -0.39 is 4.92 Å². The summed E-state index contributed by atoms with van der Waals surface area (Å²) >= 11 is 0. The Kier molecular flexibility index (Phi) is 5.86. The Morgan fingerprint density at radius 1 is 1.17 bits per heavy atom. The van der Waals surface area contributed by atoms with E-state index in [1.165, 1.54) is 12.1 Å². The van der Waals surface area contributed by atoms with Crippen LogP contribution in [0.5, 0.6) is 5.75 Å². The highest BCUT2D eigenvalue weighted by Gasteiger charge is 2.15. The number of hydrogen-bond acceptors (Lipinski definition) is 5. The summed E-state index contributed by atoms with van der Waals surface area (Å²) in [6.45, 7) is 2.50. The Balaban J connectivity index is 2.07. The Labute approximate surface area is 139 Å². The van der Waals surface area contributed by atoms with Crippen molar-refractivity contribution in [3.63, 3.8) is 0 Å². The van der Waals surface area contributed by atoms with Gasteiger partial charge in [0.25, 0.3) is 11.6 Å². The molecule has 24 heavy (non-hydrogen) atoms. The maximum Gasteiger partial charge on any atom is 0.274 e. The number of carbonyl (C=O) groups excluding carboxylic acids is 1. The number of nitrogens with zero attached hydrogens (tertiary/aromatic N) is 1. The minimum absolute atomic E-state index is 0.0327. The molecule has 0 aliphatic carbocycles. The van der Waals surface area contributed by atoms with E-state index >= 15 is 0 Å². The third kappa shape index (κ3) is 4.30. The maximum absolute atomic E-state index is 12.3. The van der Waals surface area contributed by atoms with E-state index in [1.54, 1.807) is 44.4 Å². The van der Waals surface area contributed by atoms with Gasteiger partial charge in [-0.1, -0.05) is 6.07 Å². The van der Waals surface area contributed by atoms with Gasteiger partial charge in [0.2, 0.25) is 0 Å². The molecule has 1 amide bonds. The zero-order chi connectivity index (χ0) is 17.5. The van der Waals surface area contributed by atoms with Crippen LogP contribution in [0, 0.1) is 17.0 Å². The van der Waals surface area contributed by atoms with Crippen LogP contribution in [-0.4, -0.2) is 31.2 Å². The summed E-state index contributed by atoms with van der Waals surface area (Å²) in [7, 11) is 1.59. The first-order chi connectivity index (χ1) is 11.5. The summed E-state index contributed by atoms with van der Waals surface area (Å²) in [6, 6.07) is 11.2. The minimum atomic E-state index is -0.475. The van der Waals surface area contributed by atoms with Gasteiger partial charge in [-0.25, -0.2) is 0 Å². The van der Waals surface area contributed by atoms with Crippen molar-refractivity contribution in [3.8, 4) is 5.75 Å². The van der Waals surface area contributed by atoms with Crippen LogP contribution >= 0.6 is 0 Å². The molecule has 7 nitrogen and oxygen atoms in total. The first-order valence-electron chi connectivity index (χ1n) is 7.30. The molecule has 0 fully saturated rings. The summed E-state index contributed by atoms with van der Waals surface area (Å²) in [6.07, 6.45) is 0. The number of methoxy groups -OCH3 is 1. The van der Waals surface area contributed by atoms with Gasteiger partial charge in [0, 0.05) is 18.7 Å². The van der Waals surface area contributed by atoms with Crippen LogP contribution in [0.3, 0.4) is 0 Å². The largest absolute Gasteiger partial charge is 0.491 e. The van der Waals surface area contributed by atoms with Gasteiger partial charge >= 0.3 is 0 Å². The summed E-state index contributed by atoms with van der Waals surface area (Å²) in [5, 5.41) is 13.6. The fourth-order valence-corrected chi connectivity index (χ4v) is 2.10. The summed E-state index contributed by atoms with van der Waals surface area (Å²) in [4.78, 5) is 22.7. The van der Waals surface area contributed by atoms with Gasteiger partial charge in [-0.2, -0.15) is 0 Å². The van der Waals surface area contributed by atoms with Gasteiger partial charge in [-0.3, -0.25) is 14.9 Å². The molecule has 0 bridgehead atoms. The number of nitro benzene ring substituents is 1. The summed E-state index contributed by atoms with van der Waals surface area (Å²) < 4.78 is 10.3. The SMILES string of the molecule is COCCOc1ccc(C(=O)Nc2cccc([N+](=O)[O-])c2C)cc1. The number of hydrogen-bond donors (Lipinski definition) is 1. The van der Waals surface area contributed by atoms with Crippen LogP contribution in [0.4, 0.5) is 11.4 Å². The second-order valence-corrected chi connectivity index (χ2v) is 5.03. The van der Waals surface area contributed by atoms with E-state index in [0.717, 1.165) is 0 Å². The number of benzene rings is 2. The Morgan fingerprint density at radius 3 is 2.50 bits per heavy atom. The molecule has 0 saturated carbocycles. The molecule has 0 radical (unpaired) electrons. The highest BCUT2D eigenvalue weighted by atomic mass is 16.6. The number of nitro groups is 1. The van der Waals surface area contributed by atoms with Gasteiger partial charge < -0.3 is 14.8 Å². The van der Waals surface area contributed by atoms with Crippen molar-refractivity contribution in [2.24, 2.45) is 0 Å². The molecule has 0 spiro atoms. The summed E-state index contributed by atoms with van der Waals surface area (Å²) in [5.41, 5.74) is 1.22. The average Bonchev–Trinajstić information content (AvgIpc) is 2.57. The lowest BCUT2D eigenvalue weighted by Gasteiger charge is -2.09. The van der Waals surface area contributed by atoms with Crippen LogP contribution in [0.2, 0.25) is 0 Å². The van der Waals surface area contributed by atoms with Crippen molar-refractivity contribution in [2.75, 3.05) is 25.6 Å². The molecule has 2 rings (SSSR count). The number of ether oxygens (including phenoxy) is 2. The first kappa shape index (κ1) is 17.4. The predicted octanol–water partition coefficient (Wildman–Crippen LogP) is 3.18. The quantitative estimate of drug-likeness (QED) is 0.478. The molecule has 0 aromatic heterocycles. The lowest BCUT2D eigenvalue weighted by molar-refractivity contribution is -0.385. The Morgan fingerprint density at radius 2 is 1.88 bits per heavy atom. The zero-order valence-electron chi connectivity index (χ0n) is 13.4. The first-order valence-corrected chi connectivity index (χ1v) is 7.30. The third-order valence-corrected chi connectivity index (χ3v) is 3.42. The normalized spacial score (nSPS) is 10.2. The molecule has 126 valence electrons. The van der Waals surface area contributed by atoms with E-state index in [2.05, 4.69) is 5.32 Å². The van der Waals surface area contributed by atoms with Crippen LogP contribution < -0.4 is 10.1 Å². The van der Waals surface area contributed by atoms with E-state index in [4.69, 9.17) is 9.47 Å². The van der Waals surface area contributed by atoms with Gasteiger partial charge in [0.15, 0.2) is 0 Å². The molecule has 1 N–H and O–H groups in total. The van der Waals surface area contributed by atoms with E-state index in [-0.39, 0.29) is 11.6 Å². The highest BCUT2D eigenvalue weighted by Crippen LogP contribution is 2.25. The van der Waals surface area contributed by atoms with Crippen LogP contribution in [-0.2, 0) is 4.74 Å². The molecule has 0 aliphatic rings. The molecule has 7 heteroatoms. The molecule has 2 aromatic rings. The van der Waals surface area contributed by atoms with Gasteiger partial charge in [-0.15, -0.1) is 0 Å². The van der Waals surface area contributed by atoms with Crippen LogP contribution in [0.25, 0.3) is 0 Å². The number of rotatable bonds is 7. The minimum Gasteiger partial charge on any atom is -0.491 e. The molecule has 0 aliphatic heterocycles. The monoisotopic (exact) mass is 330 g/mol. The topological polar surface area (TPSA) is 90.7 Å². The molecule has 0 atom stereocenters. The number of carbonyl (C=O) groups is 1. The van der Waals surface area contributed by atoms with Crippen molar-refractivity contribution < 1.29 is 19.2 Å². The fourth-order valence-electron chi connectivity index (χ4n) is 2.10. The smallest absolute Gasteiger partial charge is 0.274 e. The van der Waals surface area contributed by atoms with Crippen molar-refractivity contribution in [3.05, 3.63) is 63.7 Å². The highest BCUT2D eigenvalue weighted by molar-refractivity contribution is 6.04. The average molecular weight is 330 g/mol. The number of amides is 1. The number of anilines is 1.